The summed E-state index contributed by atoms with van der Waals surface area (Å²) in [6.45, 7) is 6.36. The van der Waals surface area contributed by atoms with Crippen molar-refractivity contribution in [3.63, 3.8) is 0 Å². The van der Waals surface area contributed by atoms with Crippen molar-refractivity contribution in [3.8, 4) is 0 Å². The summed E-state index contributed by atoms with van der Waals surface area (Å²) < 4.78 is 0. The molecule has 0 unspecified atom stereocenters. The van der Waals surface area contributed by atoms with E-state index >= 15 is 0 Å². The number of nitrogens with zero attached hydrogens (tertiary/aromatic N) is 1. The molecular weight excluding hydrogens is 212 g/mol. The van der Waals surface area contributed by atoms with Crippen molar-refractivity contribution in [1.29, 1.82) is 0 Å². The third kappa shape index (κ3) is 1.38. The molecule has 1 aliphatic carbocycles. The van der Waals surface area contributed by atoms with E-state index in [1.807, 2.05) is 6.92 Å². The topological polar surface area (TPSA) is 32.3 Å². The van der Waals surface area contributed by atoms with E-state index in [2.05, 4.69) is 42.3 Å². The molecule has 1 heterocycles. The molecule has 3 heteroatoms. The third-order valence-electron chi connectivity index (χ3n) is 3.78. The standard InChI is InChI=1S/C14H18N2O/c1-9(2)16-12-5-4-10(3)8-11(12)15-13(17)14(16)6-7-14/h4-5,8-9H,6-7H2,1-3H3,(H,15,17). The molecule has 0 radical (unpaired) electrons. The lowest BCUT2D eigenvalue weighted by Crippen LogP contribution is -2.53. The Morgan fingerprint density at radius 1 is 1.35 bits per heavy atom. The van der Waals surface area contributed by atoms with Crippen LogP contribution in [0.25, 0.3) is 0 Å². The van der Waals surface area contributed by atoms with Crippen LogP contribution in [0.4, 0.5) is 11.4 Å². The van der Waals surface area contributed by atoms with Gasteiger partial charge in [-0.2, -0.15) is 0 Å². The molecule has 1 aromatic rings. The van der Waals surface area contributed by atoms with Gasteiger partial charge < -0.3 is 10.2 Å². The normalized spacial score (nSPS) is 20.5. The van der Waals surface area contributed by atoms with Crippen LogP contribution in [0, 0.1) is 6.92 Å². The number of nitrogens with one attached hydrogen (secondary N) is 1. The minimum atomic E-state index is -0.254. The van der Waals surface area contributed by atoms with Crippen molar-refractivity contribution in [1.82, 2.24) is 0 Å². The number of carbonyl (C=O) groups excluding carboxylic acids is 1. The first-order valence-corrected chi connectivity index (χ1v) is 6.26. The van der Waals surface area contributed by atoms with Gasteiger partial charge in [0.25, 0.3) is 0 Å². The molecule has 17 heavy (non-hydrogen) atoms. The van der Waals surface area contributed by atoms with Gasteiger partial charge in [-0.25, -0.2) is 0 Å². The van der Waals surface area contributed by atoms with E-state index in [9.17, 15) is 4.79 Å². The lowest BCUT2D eigenvalue weighted by Gasteiger charge is -2.41. The van der Waals surface area contributed by atoms with Crippen LogP contribution in [-0.4, -0.2) is 17.5 Å². The van der Waals surface area contributed by atoms with Gasteiger partial charge in [0.2, 0.25) is 5.91 Å². The highest BCUT2D eigenvalue weighted by Crippen LogP contribution is 2.51. The van der Waals surface area contributed by atoms with Crippen LogP contribution in [0.3, 0.4) is 0 Å². The number of hydrogen-bond acceptors (Lipinski definition) is 2. The fourth-order valence-electron chi connectivity index (χ4n) is 2.90. The minimum absolute atomic E-state index is 0.171. The predicted octanol–water partition coefficient (Wildman–Crippen LogP) is 2.69. The Morgan fingerprint density at radius 2 is 2.06 bits per heavy atom. The van der Waals surface area contributed by atoms with Crippen molar-refractivity contribution >= 4 is 17.3 Å². The van der Waals surface area contributed by atoms with Crippen molar-refractivity contribution in [2.45, 2.75) is 45.2 Å². The van der Waals surface area contributed by atoms with Crippen LogP contribution in [0.1, 0.15) is 32.3 Å². The summed E-state index contributed by atoms with van der Waals surface area (Å²) in [6.07, 6.45) is 1.95. The first-order chi connectivity index (χ1) is 8.04. The Balaban J connectivity index is 2.15. The zero-order valence-corrected chi connectivity index (χ0v) is 10.6. The molecular formula is C14H18N2O. The van der Waals surface area contributed by atoms with Crippen LogP contribution in [0.15, 0.2) is 18.2 Å². The summed E-state index contributed by atoms with van der Waals surface area (Å²) >= 11 is 0. The number of benzene rings is 1. The number of rotatable bonds is 1. The number of anilines is 2. The summed E-state index contributed by atoms with van der Waals surface area (Å²) in [5.41, 5.74) is 3.06. The molecule has 1 aliphatic heterocycles. The minimum Gasteiger partial charge on any atom is -0.353 e. The highest BCUT2D eigenvalue weighted by molar-refractivity contribution is 6.08. The molecule has 3 rings (SSSR count). The molecule has 2 aliphatic rings. The van der Waals surface area contributed by atoms with E-state index in [1.54, 1.807) is 0 Å². The quantitative estimate of drug-likeness (QED) is 0.804. The second-order valence-corrected chi connectivity index (χ2v) is 5.47. The fourth-order valence-corrected chi connectivity index (χ4v) is 2.90. The Kier molecular flexibility index (Phi) is 2.03. The van der Waals surface area contributed by atoms with Gasteiger partial charge in [0.15, 0.2) is 0 Å². The van der Waals surface area contributed by atoms with Gasteiger partial charge in [-0.05, 0) is 51.3 Å². The van der Waals surface area contributed by atoms with Crippen LogP contribution in [-0.2, 0) is 4.79 Å². The molecule has 1 aromatic carbocycles. The van der Waals surface area contributed by atoms with E-state index in [4.69, 9.17) is 0 Å². The zero-order valence-electron chi connectivity index (χ0n) is 10.6. The summed E-state index contributed by atoms with van der Waals surface area (Å²) in [7, 11) is 0. The maximum Gasteiger partial charge on any atom is 0.250 e. The van der Waals surface area contributed by atoms with E-state index < -0.39 is 0 Å². The Morgan fingerprint density at radius 3 is 2.65 bits per heavy atom. The number of aryl methyl sites for hydroxylation is 1. The number of amides is 1. The van der Waals surface area contributed by atoms with Crippen LogP contribution < -0.4 is 10.2 Å². The molecule has 1 N–H and O–H groups in total. The third-order valence-corrected chi connectivity index (χ3v) is 3.78. The monoisotopic (exact) mass is 230 g/mol. The Hall–Kier alpha value is -1.51. The van der Waals surface area contributed by atoms with E-state index in [-0.39, 0.29) is 11.4 Å². The molecule has 0 aromatic heterocycles. The molecule has 1 fully saturated rings. The number of fused-ring (bicyclic) bond motifs is 1. The summed E-state index contributed by atoms with van der Waals surface area (Å²) in [4.78, 5) is 14.5. The van der Waals surface area contributed by atoms with E-state index in [0.717, 1.165) is 18.5 Å². The van der Waals surface area contributed by atoms with Gasteiger partial charge in [-0.1, -0.05) is 6.07 Å². The predicted molar refractivity (Wildman–Crippen MR) is 69.4 cm³/mol. The molecule has 1 saturated carbocycles. The molecule has 0 bridgehead atoms. The fraction of sp³-hybridized carbons (Fsp3) is 0.500. The molecule has 1 spiro atoms. The number of carbonyl (C=O) groups is 1. The molecule has 0 atom stereocenters. The van der Waals surface area contributed by atoms with Gasteiger partial charge in [0.1, 0.15) is 5.54 Å². The summed E-state index contributed by atoms with van der Waals surface area (Å²) in [6, 6.07) is 6.65. The van der Waals surface area contributed by atoms with Crippen LogP contribution >= 0.6 is 0 Å². The van der Waals surface area contributed by atoms with Gasteiger partial charge in [0, 0.05) is 6.04 Å². The number of hydrogen-bond donors (Lipinski definition) is 1. The van der Waals surface area contributed by atoms with E-state index in [1.165, 1.54) is 11.3 Å². The largest absolute Gasteiger partial charge is 0.353 e. The average Bonchev–Trinajstić information content (AvgIpc) is 3.01. The lowest BCUT2D eigenvalue weighted by atomic mass is 10.0. The Bertz CT molecular complexity index is 489. The average molecular weight is 230 g/mol. The maximum atomic E-state index is 12.2. The smallest absolute Gasteiger partial charge is 0.250 e. The van der Waals surface area contributed by atoms with Crippen molar-refractivity contribution in [3.05, 3.63) is 23.8 Å². The van der Waals surface area contributed by atoms with Gasteiger partial charge >= 0.3 is 0 Å². The highest BCUT2D eigenvalue weighted by atomic mass is 16.2. The first kappa shape index (κ1) is 10.6. The summed E-state index contributed by atoms with van der Waals surface area (Å²) in [5.74, 6) is 0.171. The zero-order chi connectivity index (χ0) is 12.2. The van der Waals surface area contributed by atoms with Gasteiger partial charge in [-0.3, -0.25) is 4.79 Å². The van der Waals surface area contributed by atoms with E-state index in [0.29, 0.717) is 6.04 Å². The SMILES string of the molecule is Cc1ccc2c(c1)NC(=O)C1(CC1)N2C(C)C. The van der Waals surface area contributed by atoms with Crippen molar-refractivity contribution in [2.24, 2.45) is 0 Å². The highest BCUT2D eigenvalue weighted by Gasteiger charge is 2.57. The van der Waals surface area contributed by atoms with Gasteiger partial charge in [-0.15, -0.1) is 0 Å². The molecule has 1 amide bonds. The second kappa shape index (κ2) is 3.25. The van der Waals surface area contributed by atoms with Gasteiger partial charge in [0.05, 0.1) is 11.4 Å². The van der Waals surface area contributed by atoms with Crippen molar-refractivity contribution in [2.75, 3.05) is 10.2 Å². The van der Waals surface area contributed by atoms with Crippen LogP contribution in [0.2, 0.25) is 0 Å². The van der Waals surface area contributed by atoms with Crippen LogP contribution in [0.5, 0.6) is 0 Å². The summed E-state index contributed by atoms with van der Waals surface area (Å²) in [5, 5.41) is 3.06. The molecule has 3 nitrogen and oxygen atoms in total. The molecule has 90 valence electrons. The Labute approximate surface area is 102 Å². The maximum absolute atomic E-state index is 12.2. The lowest BCUT2D eigenvalue weighted by molar-refractivity contribution is -0.118. The second-order valence-electron chi connectivity index (χ2n) is 5.47. The first-order valence-electron chi connectivity index (χ1n) is 6.26. The molecule has 0 saturated heterocycles. The van der Waals surface area contributed by atoms with Crippen molar-refractivity contribution < 1.29 is 4.79 Å².